The van der Waals surface area contributed by atoms with Gasteiger partial charge >= 0.3 is 0 Å². The number of carbonyl (C=O) groups is 1. The number of carbonyl (C=O) groups excluding carboxylic acids is 1. The van der Waals surface area contributed by atoms with E-state index in [0.29, 0.717) is 12.1 Å². The Morgan fingerprint density at radius 3 is 2.50 bits per heavy atom. The molecule has 0 fully saturated rings. The molecule has 170 valence electrons. The monoisotopic (exact) mass is 466 g/mol. The fourth-order valence-corrected chi connectivity index (χ4v) is 5.35. The number of amides is 1. The Bertz CT molecular complexity index is 1410. The largest absolute Gasteiger partial charge is 0.337 e. The third-order valence-corrected chi connectivity index (χ3v) is 6.92. The zero-order valence-corrected chi connectivity index (χ0v) is 20.1. The fraction of sp³-hybridized carbons (Fsp3) is 0.179. The first-order valence-corrected chi connectivity index (χ1v) is 12.2. The third kappa shape index (κ3) is 4.63. The maximum absolute atomic E-state index is 13.7. The minimum atomic E-state index is -0.0290. The van der Waals surface area contributed by atoms with Crippen molar-refractivity contribution in [2.24, 2.45) is 0 Å². The molecule has 0 unspecified atom stereocenters. The van der Waals surface area contributed by atoms with Gasteiger partial charge < -0.3 is 4.57 Å². The van der Waals surface area contributed by atoms with E-state index in [1.807, 2.05) is 58.1 Å². The van der Waals surface area contributed by atoms with E-state index in [4.69, 9.17) is 4.98 Å². The molecule has 0 saturated heterocycles. The molecule has 2 heterocycles. The van der Waals surface area contributed by atoms with E-state index in [-0.39, 0.29) is 5.91 Å². The molecule has 2 aromatic heterocycles. The molecule has 34 heavy (non-hydrogen) atoms. The van der Waals surface area contributed by atoms with E-state index in [9.17, 15) is 4.79 Å². The van der Waals surface area contributed by atoms with Crippen LogP contribution < -0.4 is 4.90 Å². The number of aromatic nitrogens is 3. The highest BCUT2D eigenvalue weighted by atomic mass is 32.1. The predicted octanol–water partition coefficient (Wildman–Crippen LogP) is 6.51. The molecule has 0 aliphatic heterocycles. The average molecular weight is 467 g/mol. The zero-order valence-electron chi connectivity index (χ0n) is 19.3. The molecule has 5 rings (SSSR count). The van der Waals surface area contributed by atoms with Gasteiger partial charge in [-0.05, 0) is 60.7 Å². The molecule has 0 radical (unpaired) electrons. The fourth-order valence-electron chi connectivity index (χ4n) is 4.18. The molecule has 0 atom stereocenters. The number of imidazole rings is 1. The standard InChI is InChI=1S/C28H26N4OS/c1-20-17-21(2)26-25(18-20)34-28(30-26)32(15-6-14-31-16-13-29-19-31)27(33)24-11-9-23(10-12-24)22-7-4-3-5-8-22/h3-5,7-13,16-19H,6,14-15H2,1-2H3. The average Bonchev–Trinajstić information content (AvgIpc) is 3.52. The molecule has 0 aliphatic carbocycles. The van der Waals surface area contributed by atoms with Crippen LogP contribution in [0.5, 0.6) is 0 Å². The summed E-state index contributed by atoms with van der Waals surface area (Å²) in [6.45, 7) is 5.54. The normalized spacial score (nSPS) is 11.1. The van der Waals surface area contributed by atoms with Gasteiger partial charge in [0.2, 0.25) is 0 Å². The number of benzene rings is 3. The Labute approximate surface area is 203 Å². The molecular weight excluding hydrogens is 440 g/mol. The van der Waals surface area contributed by atoms with Crippen molar-refractivity contribution in [3.05, 3.63) is 102 Å². The summed E-state index contributed by atoms with van der Waals surface area (Å²) in [4.78, 5) is 24.5. The molecule has 5 nitrogen and oxygen atoms in total. The highest BCUT2D eigenvalue weighted by Gasteiger charge is 2.22. The number of anilines is 1. The van der Waals surface area contributed by atoms with E-state index in [2.05, 4.69) is 43.1 Å². The van der Waals surface area contributed by atoms with Crippen LogP contribution in [0, 0.1) is 13.8 Å². The minimum Gasteiger partial charge on any atom is -0.337 e. The van der Waals surface area contributed by atoms with Gasteiger partial charge in [-0.25, -0.2) is 9.97 Å². The Hall–Kier alpha value is -3.77. The van der Waals surface area contributed by atoms with Crippen molar-refractivity contribution in [2.45, 2.75) is 26.8 Å². The Balaban J connectivity index is 1.44. The van der Waals surface area contributed by atoms with Gasteiger partial charge in [-0.2, -0.15) is 0 Å². The molecule has 0 spiro atoms. The summed E-state index contributed by atoms with van der Waals surface area (Å²) >= 11 is 1.58. The number of fused-ring (bicyclic) bond motifs is 1. The van der Waals surface area contributed by atoms with Crippen LogP contribution in [0.2, 0.25) is 0 Å². The number of hydrogen-bond donors (Lipinski definition) is 0. The molecule has 0 aliphatic rings. The first-order chi connectivity index (χ1) is 16.6. The molecule has 6 heteroatoms. The van der Waals surface area contributed by atoms with Crippen molar-refractivity contribution in [1.82, 2.24) is 14.5 Å². The van der Waals surface area contributed by atoms with E-state index >= 15 is 0 Å². The Morgan fingerprint density at radius 2 is 1.76 bits per heavy atom. The number of thiazole rings is 1. The summed E-state index contributed by atoms with van der Waals surface area (Å²) in [7, 11) is 0. The van der Waals surface area contributed by atoms with Gasteiger partial charge in [0.25, 0.3) is 5.91 Å². The first kappa shape index (κ1) is 22.0. The molecule has 3 aromatic carbocycles. The highest BCUT2D eigenvalue weighted by Crippen LogP contribution is 2.33. The summed E-state index contributed by atoms with van der Waals surface area (Å²) in [6.07, 6.45) is 6.32. The Kier molecular flexibility index (Phi) is 6.23. The van der Waals surface area contributed by atoms with Crippen molar-refractivity contribution < 1.29 is 4.79 Å². The quantitative estimate of drug-likeness (QED) is 0.275. The molecule has 1 amide bonds. The number of aryl methyl sites for hydroxylation is 3. The highest BCUT2D eigenvalue weighted by molar-refractivity contribution is 7.22. The second-order valence-corrected chi connectivity index (χ2v) is 9.49. The van der Waals surface area contributed by atoms with E-state index in [0.717, 1.165) is 45.0 Å². The van der Waals surface area contributed by atoms with E-state index < -0.39 is 0 Å². The molecule has 0 bridgehead atoms. The summed E-state index contributed by atoms with van der Waals surface area (Å²) in [5.41, 5.74) is 6.20. The number of nitrogens with zero attached hydrogens (tertiary/aromatic N) is 4. The lowest BCUT2D eigenvalue weighted by molar-refractivity contribution is 0.0986. The van der Waals surface area contributed by atoms with Crippen LogP contribution in [-0.2, 0) is 6.54 Å². The van der Waals surface area contributed by atoms with Crippen LogP contribution in [0.25, 0.3) is 21.3 Å². The maximum Gasteiger partial charge on any atom is 0.260 e. The summed E-state index contributed by atoms with van der Waals surface area (Å²) in [5, 5.41) is 0.742. The molecule has 0 N–H and O–H groups in total. The van der Waals surface area contributed by atoms with Crippen molar-refractivity contribution in [2.75, 3.05) is 11.4 Å². The van der Waals surface area contributed by atoms with Crippen LogP contribution in [0.1, 0.15) is 27.9 Å². The smallest absolute Gasteiger partial charge is 0.260 e. The predicted molar refractivity (Wildman–Crippen MR) is 139 cm³/mol. The number of rotatable bonds is 7. The third-order valence-electron chi connectivity index (χ3n) is 5.89. The first-order valence-electron chi connectivity index (χ1n) is 11.4. The van der Waals surface area contributed by atoms with Gasteiger partial charge in [0.15, 0.2) is 5.13 Å². The van der Waals surface area contributed by atoms with Crippen LogP contribution in [-0.4, -0.2) is 27.0 Å². The molecule has 0 saturated carbocycles. The minimum absolute atomic E-state index is 0.0290. The van der Waals surface area contributed by atoms with Crippen molar-refractivity contribution >= 4 is 32.6 Å². The summed E-state index contributed by atoms with van der Waals surface area (Å²) < 4.78 is 3.14. The lowest BCUT2D eigenvalue weighted by Crippen LogP contribution is -2.32. The summed E-state index contributed by atoms with van der Waals surface area (Å²) in [6, 6.07) is 22.3. The van der Waals surface area contributed by atoms with Crippen molar-refractivity contribution in [1.29, 1.82) is 0 Å². The summed E-state index contributed by atoms with van der Waals surface area (Å²) in [5.74, 6) is -0.0290. The topological polar surface area (TPSA) is 51.0 Å². The van der Waals surface area contributed by atoms with Gasteiger partial charge in [0.1, 0.15) is 0 Å². The van der Waals surface area contributed by atoms with Gasteiger partial charge in [-0.1, -0.05) is 59.9 Å². The maximum atomic E-state index is 13.7. The number of hydrogen-bond acceptors (Lipinski definition) is 4. The van der Waals surface area contributed by atoms with Gasteiger partial charge in [-0.15, -0.1) is 0 Å². The van der Waals surface area contributed by atoms with Gasteiger partial charge in [-0.3, -0.25) is 9.69 Å². The Morgan fingerprint density at radius 1 is 1.00 bits per heavy atom. The van der Waals surface area contributed by atoms with E-state index in [1.165, 1.54) is 5.56 Å². The van der Waals surface area contributed by atoms with E-state index in [1.54, 1.807) is 23.9 Å². The second-order valence-electron chi connectivity index (χ2n) is 8.48. The van der Waals surface area contributed by atoms with Crippen LogP contribution in [0.4, 0.5) is 5.13 Å². The van der Waals surface area contributed by atoms with Crippen LogP contribution >= 0.6 is 11.3 Å². The lowest BCUT2D eigenvalue weighted by Gasteiger charge is -2.20. The zero-order chi connectivity index (χ0) is 23.5. The van der Waals surface area contributed by atoms with Crippen molar-refractivity contribution in [3.63, 3.8) is 0 Å². The van der Waals surface area contributed by atoms with Crippen LogP contribution in [0.3, 0.4) is 0 Å². The SMILES string of the molecule is Cc1cc(C)c2nc(N(CCCn3ccnc3)C(=O)c3ccc(-c4ccccc4)cc3)sc2c1. The lowest BCUT2D eigenvalue weighted by atomic mass is 10.0. The molecule has 5 aromatic rings. The van der Waals surface area contributed by atoms with Gasteiger partial charge in [0.05, 0.1) is 16.5 Å². The van der Waals surface area contributed by atoms with Crippen LogP contribution in [0.15, 0.2) is 85.5 Å². The molecular formula is C28H26N4OS. The second kappa shape index (κ2) is 9.61. The van der Waals surface area contributed by atoms with Gasteiger partial charge in [0, 0.05) is 31.0 Å². The van der Waals surface area contributed by atoms with Crippen molar-refractivity contribution in [3.8, 4) is 11.1 Å².